The maximum absolute atomic E-state index is 10.3. The minimum atomic E-state index is -1.23. The Balaban J connectivity index is 1.73. The second-order valence-electron chi connectivity index (χ2n) is 6.63. The van der Waals surface area contributed by atoms with Gasteiger partial charge < -0.3 is 29.7 Å². The van der Waals surface area contributed by atoms with E-state index in [1.54, 1.807) is 17.0 Å². The highest BCUT2D eigenvalue weighted by Gasteiger charge is 2.44. The molecule has 2 aromatic heterocycles. The molecule has 1 fully saturated rings. The first-order chi connectivity index (χ1) is 14.0. The van der Waals surface area contributed by atoms with E-state index in [1.807, 2.05) is 13.1 Å². The molecule has 3 N–H and O–H groups in total. The van der Waals surface area contributed by atoms with E-state index in [4.69, 9.17) is 21.1 Å². The summed E-state index contributed by atoms with van der Waals surface area (Å²) in [6.45, 7) is -0.414. The minimum Gasteiger partial charge on any atom is -0.495 e. The molecule has 1 saturated heterocycles. The predicted molar refractivity (Wildman–Crippen MR) is 104 cm³/mol. The summed E-state index contributed by atoms with van der Waals surface area (Å²) in [5.74, 6) is 1.04. The van der Waals surface area contributed by atoms with E-state index in [2.05, 4.69) is 15.0 Å². The molecule has 0 spiro atoms. The number of imidazole rings is 1. The number of hydrogen-bond acceptors (Lipinski definition) is 9. The van der Waals surface area contributed by atoms with Crippen LogP contribution in [0, 0.1) is 0 Å². The Hall–Kier alpha value is -2.50. The normalized spacial score (nSPS) is 24.2. The second kappa shape index (κ2) is 7.73. The van der Waals surface area contributed by atoms with Crippen LogP contribution in [0.4, 0.5) is 11.5 Å². The Morgan fingerprint density at radius 3 is 2.72 bits per heavy atom. The van der Waals surface area contributed by atoms with Crippen LogP contribution in [-0.2, 0) is 4.74 Å². The lowest BCUT2D eigenvalue weighted by atomic mass is 10.1. The van der Waals surface area contributed by atoms with Gasteiger partial charge in [-0.3, -0.25) is 4.57 Å². The first-order valence-corrected chi connectivity index (χ1v) is 9.21. The summed E-state index contributed by atoms with van der Waals surface area (Å²) in [5.41, 5.74) is 1.66. The third-order valence-electron chi connectivity index (χ3n) is 4.97. The molecule has 0 aliphatic carbocycles. The van der Waals surface area contributed by atoms with Gasteiger partial charge in [-0.2, -0.15) is 0 Å². The highest BCUT2D eigenvalue weighted by atomic mass is 35.5. The second-order valence-corrected chi connectivity index (χ2v) is 7.04. The minimum absolute atomic E-state index is 0.414. The van der Waals surface area contributed by atoms with Crippen LogP contribution in [0.15, 0.2) is 30.9 Å². The zero-order valence-electron chi connectivity index (χ0n) is 15.7. The van der Waals surface area contributed by atoms with Gasteiger partial charge in [-0.15, -0.1) is 0 Å². The van der Waals surface area contributed by atoms with Crippen LogP contribution in [0.5, 0.6) is 5.75 Å². The fourth-order valence-corrected chi connectivity index (χ4v) is 3.56. The number of ether oxygens (including phenoxy) is 2. The van der Waals surface area contributed by atoms with Gasteiger partial charge in [0, 0.05) is 18.8 Å². The fourth-order valence-electron chi connectivity index (χ4n) is 3.36. The molecule has 1 aliphatic rings. The van der Waals surface area contributed by atoms with E-state index in [0.29, 0.717) is 27.8 Å². The summed E-state index contributed by atoms with van der Waals surface area (Å²) >= 11 is 6.11. The molecule has 4 atom stereocenters. The van der Waals surface area contributed by atoms with E-state index in [0.717, 1.165) is 5.69 Å². The number of aromatic nitrogens is 4. The average Bonchev–Trinajstić information content (AvgIpc) is 3.29. The van der Waals surface area contributed by atoms with E-state index in [-0.39, 0.29) is 0 Å². The van der Waals surface area contributed by atoms with E-state index in [9.17, 15) is 15.3 Å². The molecule has 154 valence electrons. The lowest BCUT2D eigenvalue weighted by Gasteiger charge is -2.20. The van der Waals surface area contributed by atoms with Gasteiger partial charge in [0.2, 0.25) is 0 Å². The molecule has 11 heteroatoms. The van der Waals surface area contributed by atoms with E-state index < -0.39 is 31.1 Å². The maximum Gasteiger partial charge on any atom is 0.167 e. The van der Waals surface area contributed by atoms with Crippen molar-refractivity contribution < 1.29 is 24.8 Å². The van der Waals surface area contributed by atoms with Crippen LogP contribution >= 0.6 is 11.6 Å². The van der Waals surface area contributed by atoms with Gasteiger partial charge >= 0.3 is 0 Å². The SMILES string of the molecule is COc1cc(N(C)c2ncnc3c2ncn3[C@@H]2O[C@H](CO)[C@@H](O)[C@H]2O)ccc1Cl. The molecular formula is C18H20ClN5O5. The van der Waals surface area contributed by atoms with Crippen LogP contribution in [0.3, 0.4) is 0 Å². The topological polar surface area (TPSA) is 126 Å². The van der Waals surface area contributed by atoms with Crippen LogP contribution < -0.4 is 9.64 Å². The highest BCUT2D eigenvalue weighted by Crippen LogP contribution is 2.35. The van der Waals surface area contributed by atoms with Gasteiger partial charge in [0.1, 0.15) is 30.4 Å². The Bertz CT molecular complexity index is 1030. The van der Waals surface area contributed by atoms with Crippen molar-refractivity contribution in [3.05, 3.63) is 35.9 Å². The molecule has 3 aromatic rings. The number of aliphatic hydroxyl groups excluding tert-OH is 3. The van der Waals surface area contributed by atoms with Crippen molar-refractivity contribution in [2.24, 2.45) is 0 Å². The standard InChI is InChI=1S/C18H20ClN5O5/c1-23(9-3-4-10(19)11(5-9)28-2)16-13-17(21-7-20-16)24(8-22-13)18-15(27)14(26)12(6-25)29-18/h3-5,7-8,12,14-15,18,25-27H,6H2,1-2H3/t12-,14-,15-,18-/m1/s1. The zero-order valence-corrected chi connectivity index (χ0v) is 16.4. The first kappa shape index (κ1) is 19.8. The summed E-state index contributed by atoms with van der Waals surface area (Å²) in [7, 11) is 3.35. The Morgan fingerprint density at radius 1 is 1.24 bits per heavy atom. The van der Waals surface area contributed by atoms with Crippen molar-refractivity contribution in [3.63, 3.8) is 0 Å². The van der Waals surface area contributed by atoms with Crippen molar-refractivity contribution in [2.75, 3.05) is 25.7 Å². The van der Waals surface area contributed by atoms with Crippen LogP contribution in [0.25, 0.3) is 11.2 Å². The van der Waals surface area contributed by atoms with Gasteiger partial charge in [-0.1, -0.05) is 11.6 Å². The summed E-state index contributed by atoms with van der Waals surface area (Å²) < 4.78 is 12.4. The van der Waals surface area contributed by atoms with Crippen molar-refractivity contribution in [1.29, 1.82) is 0 Å². The summed E-state index contributed by atoms with van der Waals surface area (Å²) in [4.78, 5) is 14.8. The lowest BCUT2D eigenvalue weighted by Crippen LogP contribution is -2.33. The lowest BCUT2D eigenvalue weighted by molar-refractivity contribution is -0.0511. The highest BCUT2D eigenvalue weighted by molar-refractivity contribution is 6.32. The number of methoxy groups -OCH3 is 1. The Kier molecular flexibility index (Phi) is 5.28. The number of fused-ring (bicyclic) bond motifs is 1. The summed E-state index contributed by atoms with van der Waals surface area (Å²) in [6.07, 6.45) is -1.44. The number of hydrogen-bond donors (Lipinski definition) is 3. The van der Waals surface area contributed by atoms with Gasteiger partial charge in [-0.05, 0) is 12.1 Å². The molecule has 10 nitrogen and oxygen atoms in total. The largest absolute Gasteiger partial charge is 0.495 e. The molecule has 0 bridgehead atoms. The zero-order chi connectivity index (χ0) is 20.7. The quantitative estimate of drug-likeness (QED) is 0.550. The van der Waals surface area contributed by atoms with Crippen LogP contribution in [0.2, 0.25) is 5.02 Å². The van der Waals surface area contributed by atoms with Gasteiger partial charge in [0.05, 0.1) is 25.1 Å². The number of halogens is 1. The molecule has 29 heavy (non-hydrogen) atoms. The van der Waals surface area contributed by atoms with Crippen LogP contribution in [0.1, 0.15) is 6.23 Å². The van der Waals surface area contributed by atoms with Crippen LogP contribution in [-0.4, -0.2) is 73.9 Å². The van der Waals surface area contributed by atoms with E-state index >= 15 is 0 Å². The van der Waals surface area contributed by atoms with Gasteiger partial charge in [0.15, 0.2) is 23.2 Å². The third kappa shape index (κ3) is 3.28. The van der Waals surface area contributed by atoms with Crippen molar-refractivity contribution in [2.45, 2.75) is 24.5 Å². The number of anilines is 2. The first-order valence-electron chi connectivity index (χ1n) is 8.83. The van der Waals surface area contributed by atoms with Crippen molar-refractivity contribution in [3.8, 4) is 5.75 Å². The maximum atomic E-state index is 10.3. The molecule has 3 heterocycles. The predicted octanol–water partition coefficient (Wildman–Crippen LogP) is 0.868. The average molecular weight is 422 g/mol. The molecule has 0 saturated carbocycles. The molecule has 0 unspecified atom stereocenters. The third-order valence-corrected chi connectivity index (χ3v) is 5.28. The number of rotatable bonds is 5. The van der Waals surface area contributed by atoms with Gasteiger partial charge in [0.25, 0.3) is 0 Å². The molecule has 0 amide bonds. The van der Waals surface area contributed by atoms with Gasteiger partial charge in [-0.25, -0.2) is 15.0 Å². The monoisotopic (exact) mass is 421 g/mol. The molecule has 1 aromatic carbocycles. The number of nitrogens with zero attached hydrogens (tertiary/aromatic N) is 5. The van der Waals surface area contributed by atoms with Crippen molar-refractivity contribution in [1.82, 2.24) is 19.5 Å². The molecule has 4 rings (SSSR count). The summed E-state index contributed by atoms with van der Waals surface area (Å²) in [6, 6.07) is 5.32. The van der Waals surface area contributed by atoms with E-state index in [1.165, 1.54) is 24.3 Å². The smallest absolute Gasteiger partial charge is 0.167 e. The molecular weight excluding hydrogens is 402 g/mol. The fraction of sp³-hybridized carbons (Fsp3) is 0.389. The Labute approximate surface area is 170 Å². The summed E-state index contributed by atoms with van der Waals surface area (Å²) in [5, 5.41) is 30.2. The van der Waals surface area contributed by atoms with Crippen molar-refractivity contribution >= 4 is 34.3 Å². The Morgan fingerprint density at radius 2 is 2.03 bits per heavy atom. The molecule has 1 aliphatic heterocycles. The number of benzene rings is 1. The molecule has 0 radical (unpaired) electrons. The number of aliphatic hydroxyl groups is 3.